The lowest BCUT2D eigenvalue weighted by Gasteiger charge is -2.33. The molecule has 0 radical (unpaired) electrons. The molecular formula is C14H25N5. The summed E-state index contributed by atoms with van der Waals surface area (Å²) in [5, 5.41) is 3.38. The molecule has 106 valence electrons. The maximum atomic E-state index is 4.57. The van der Waals surface area contributed by atoms with Gasteiger partial charge >= 0.3 is 0 Å². The highest BCUT2D eigenvalue weighted by molar-refractivity contribution is 5.49. The second kappa shape index (κ2) is 6.19. The molecule has 0 spiro atoms. The van der Waals surface area contributed by atoms with Gasteiger partial charge in [-0.1, -0.05) is 13.8 Å². The third-order valence-electron chi connectivity index (χ3n) is 3.34. The van der Waals surface area contributed by atoms with E-state index >= 15 is 0 Å². The van der Waals surface area contributed by atoms with E-state index in [1.54, 1.807) is 0 Å². The molecule has 0 aromatic carbocycles. The molecule has 0 unspecified atom stereocenters. The zero-order valence-electron chi connectivity index (χ0n) is 12.5. The van der Waals surface area contributed by atoms with Crippen molar-refractivity contribution < 1.29 is 0 Å². The SMILES string of the molecule is Cc1nc(NCC(C)C)cc(N2CCN(C)CC2)n1. The van der Waals surface area contributed by atoms with Crippen molar-refractivity contribution in [1.82, 2.24) is 14.9 Å². The van der Waals surface area contributed by atoms with Gasteiger partial charge in [-0.05, 0) is 19.9 Å². The first-order chi connectivity index (χ1) is 9.04. The molecule has 2 rings (SSSR count). The number of rotatable bonds is 4. The number of anilines is 2. The molecule has 0 aliphatic carbocycles. The average molecular weight is 263 g/mol. The van der Waals surface area contributed by atoms with Gasteiger partial charge in [-0.3, -0.25) is 0 Å². The largest absolute Gasteiger partial charge is 0.370 e. The van der Waals surface area contributed by atoms with E-state index in [4.69, 9.17) is 0 Å². The molecule has 5 heteroatoms. The molecule has 0 bridgehead atoms. The van der Waals surface area contributed by atoms with Gasteiger partial charge in [0.2, 0.25) is 0 Å². The summed E-state index contributed by atoms with van der Waals surface area (Å²) in [4.78, 5) is 13.7. The third-order valence-corrected chi connectivity index (χ3v) is 3.34. The zero-order chi connectivity index (χ0) is 13.8. The quantitative estimate of drug-likeness (QED) is 0.894. The Bertz CT molecular complexity index is 410. The summed E-state index contributed by atoms with van der Waals surface area (Å²) < 4.78 is 0. The monoisotopic (exact) mass is 263 g/mol. The van der Waals surface area contributed by atoms with Crippen molar-refractivity contribution in [2.75, 3.05) is 50.0 Å². The highest BCUT2D eigenvalue weighted by atomic mass is 15.3. The topological polar surface area (TPSA) is 44.3 Å². The van der Waals surface area contributed by atoms with Gasteiger partial charge in [0, 0.05) is 38.8 Å². The minimum Gasteiger partial charge on any atom is -0.370 e. The Morgan fingerprint density at radius 1 is 1.21 bits per heavy atom. The van der Waals surface area contributed by atoms with E-state index in [0.29, 0.717) is 5.92 Å². The average Bonchev–Trinajstić information content (AvgIpc) is 2.36. The molecule has 19 heavy (non-hydrogen) atoms. The van der Waals surface area contributed by atoms with Crippen LogP contribution in [0.1, 0.15) is 19.7 Å². The van der Waals surface area contributed by atoms with E-state index in [0.717, 1.165) is 50.2 Å². The van der Waals surface area contributed by atoms with E-state index in [-0.39, 0.29) is 0 Å². The summed E-state index contributed by atoms with van der Waals surface area (Å²) in [5.74, 6) is 3.44. The van der Waals surface area contributed by atoms with E-state index in [1.165, 1.54) is 0 Å². The number of nitrogens with zero attached hydrogens (tertiary/aromatic N) is 4. The van der Waals surface area contributed by atoms with Crippen molar-refractivity contribution in [2.45, 2.75) is 20.8 Å². The predicted octanol–water partition coefficient (Wildman–Crippen LogP) is 1.60. The first kappa shape index (κ1) is 14.1. The van der Waals surface area contributed by atoms with E-state index in [1.807, 2.05) is 6.92 Å². The van der Waals surface area contributed by atoms with Crippen LogP contribution in [0.25, 0.3) is 0 Å². The van der Waals surface area contributed by atoms with Crippen LogP contribution in [-0.2, 0) is 0 Å². The van der Waals surface area contributed by atoms with Gasteiger partial charge < -0.3 is 15.1 Å². The van der Waals surface area contributed by atoms with E-state index in [9.17, 15) is 0 Å². The van der Waals surface area contributed by atoms with E-state index in [2.05, 4.69) is 52.0 Å². The fourth-order valence-corrected chi connectivity index (χ4v) is 2.15. The smallest absolute Gasteiger partial charge is 0.134 e. The van der Waals surface area contributed by atoms with Crippen LogP contribution in [0.3, 0.4) is 0 Å². The highest BCUT2D eigenvalue weighted by Gasteiger charge is 2.16. The summed E-state index contributed by atoms with van der Waals surface area (Å²) >= 11 is 0. The number of piperazine rings is 1. The highest BCUT2D eigenvalue weighted by Crippen LogP contribution is 2.17. The molecule has 0 saturated carbocycles. The van der Waals surface area contributed by atoms with Gasteiger partial charge in [0.05, 0.1) is 0 Å². The molecule has 1 aromatic rings. The van der Waals surface area contributed by atoms with Crippen LogP contribution < -0.4 is 10.2 Å². The van der Waals surface area contributed by atoms with Crippen LogP contribution in [0.2, 0.25) is 0 Å². The van der Waals surface area contributed by atoms with Crippen LogP contribution in [0.5, 0.6) is 0 Å². The maximum absolute atomic E-state index is 4.57. The van der Waals surface area contributed by atoms with Gasteiger partial charge in [-0.15, -0.1) is 0 Å². The van der Waals surface area contributed by atoms with Crippen LogP contribution in [0.4, 0.5) is 11.6 Å². The Hall–Kier alpha value is -1.36. The molecule has 5 nitrogen and oxygen atoms in total. The van der Waals surface area contributed by atoms with Crippen LogP contribution >= 0.6 is 0 Å². The van der Waals surface area contributed by atoms with Crippen LogP contribution in [-0.4, -0.2) is 54.6 Å². The zero-order valence-corrected chi connectivity index (χ0v) is 12.5. The predicted molar refractivity (Wildman–Crippen MR) is 79.8 cm³/mol. The Balaban J connectivity index is 2.07. The van der Waals surface area contributed by atoms with Crippen molar-refractivity contribution in [2.24, 2.45) is 5.92 Å². The number of aryl methyl sites for hydroxylation is 1. The molecule has 0 amide bonds. The lowest BCUT2D eigenvalue weighted by atomic mass is 10.2. The minimum atomic E-state index is 0.613. The summed E-state index contributed by atoms with van der Waals surface area (Å²) in [6.45, 7) is 11.6. The standard InChI is InChI=1S/C14H25N5/c1-11(2)10-15-13-9-14(17-12(3)16-13)19-7-5-18(4)6-8-19/h9,11H,5-8,10H2,1-4H3,(H,15,16,17). The summed E-state index contributed by atoms with van der Waals surface area (Å²) in [6.07, 6.45) is 0. The Morgan fingerprint density at radius 3 is 2.53 bits per heavy atom. The Morgan fingerprint density at radius 2 is 1.89 bits per heavy atom. The Kier molecular flexibility index (Phi) is 4.58. The number of aromatic nitrogens is 2. The minimum absolute atomic E-state index is 0.613. The normalized spacial score (nSPS) is 17.0. The van der Waals surface area contributed by atoms with Gasteiger partial charge in [-0.25, -0.2) is 9.97 Å². The van der Waals surface area contributed by atoms with E-state index < -0.39 is 0 Å². The van der Waals surface area contributed by atoms with Gasteiger partial charge in [0.1, 0.15) is 17.5 Å². The second-order valence-electron chi connectivity index (χ2n) is 5.72. The molecule has 1 aliphatic rings. The molecule has 1 aliphatic heterocycles. The fraction of sp³-hybridized carbons (Fsp3) is 0.714. The lowest BCUT2D eigenvalue weighted by molar-refractivity contribution is 0.312. The maximum Gasteiger partial charge on any atom is 0.134 e. The summed E-state index contributed by atoms with van der Waals surface area (Å²) in [7, 11) is 2.16. The summed E-state index contributed by atoms with van der Waals surface area (Å²) in [5.41, 5.74) is 0. The summed E-state index contributed by atoms with van der Waals surface area (Å²) in [6, 6.07) is 2.07. The molecular weight excluding hydrogens is 238 g/mol. The van der Waals surface area contributed by atoms with Crippen LogP contribution in [0.15, 0.2) is 6.07 Å². The molecule has 1 N–H and O–H groups in total. The van der Waals surface area contributed by atoms with Crippen molar-refractivity contribution in [1.29, 1.82) is 0 Å². The van der Waals surface area contributed by atoms with Gasteiger partial charge in [0.25, 0.3) is 0 Å². The molecule has 1 aromatic heterocycles. The number of hydrogen-bond acceptors (Lipinski definition) is 5. The molecule has 1 saturated heterocycles. The fourth-order valence-electron chi connectivity index (χ4n) is 2.15. The second-order valence-corrected chi connectivity index (χ2v) is 5.72. The molecule has 1 fully saturated rings. The number of nitrogens with one attached hydrogen (secondary N) is 1. The van der Waals surface area contributed by atoms with Crippen LogP contribution in [0, 0.1) is 12.8 Å². The van der Waals surface area contributed by atoms with Crippen molar-refractivity contribution >= 4 is 11.6 Å². The number of likely N-dealkylation sites (N-methyl/N-ethyl adjacent to an activating group) is 1. The Labute approximate surface area is 116 Å². The van der Waals surface area contributed by atoms with Crippen molar-refractivity contribution in [3.63, 3.8) is 0 Å². The van der Waals surface area contributed by atoms with Crippen molar-refractivity contribution in [3.8, 4) is 0 Å². The third kappa shape index (κ3) is 4.06. The first-order valence-corrected chi connectivity index (χ1v) is 7.07. The van der Waals surface area contributed by atoms with Gasteiger partial charge in [-0.2, -0.15) is 0 Å². The molecule has 2 heterocycles. The van der Waals surface area contributed by atoms with Gasteiger partial charge in [0.15, 0.2) is 0 Å². The number of hydrogen-bond donors (Lipinski definition) is 1. The molecule has 0 atom stereocenters. The first-order valence-electron chi connectivity index (χ1n) is 7.07. The van der Waals surface area contributed by atoms with Crippen molar-refractivity contribution in [3.05, 3.63) is 11.9 Å². The lowest BCUT2D eigenvalue weighted by Crippen LogP contribution is -2.44.